The average Bonchev–Trinajstić information content (AvgIpc) is 3.61. The highest BCUT2D eigenvalue weighted by Gasteiger charge is 2.42. The highest BCUT2D eigenvalue weighted by Crippen LogP contribution is 2.44. The number of methoxy groups -OCH3 is 1. The number of aromatic amines is 1. The average molecular weight is 536 g/mol. The van der Waals surface area contributed by atoms with E-state index in [4.69, 9.17) is 10.5 Å². The molecule has 40 heavy (non-hydrogen) atoms. The van der Waals surface area contributed by atoms with Crippen LogP contribution in [0.4, 0.5) is 10.5 Å². The number of ketones is 1. The van der Waals surface area contributed by atoms with Crippen molar-refractivity contribution in [2.24, 2.45) is 5.73 Å². The number of amides is 2. The summed E-state index contributed by atoms with van der Waals surface area (Å²) in [5.41, 5.74) is 13.0. The van der Waals surface area contributed by atoms with E-state index in [2.05, 4.69) is 15.3 Å². The van der Waals surface area contributed by atoms with E-state index in [0.29, 0.717) is 30.7 Å². The first-order valence-electron chi connectivity index (χ1n) is 13.2. The van der Waals surface area contributed by atoms with Gasteiger partial charge in [-0.15, -0.1) is 0 Å². The number of imidazole rings is 1. The number of carbonyl (C=O) groups excluding carboxylic acids is 3. The van der Waals surface area contributed by atoms with Gasteiger partial charge in [0.1, 0.15) is 11.9 Å². The number of H-pyrrole nitrogens is 1. The molecule has 4 aromatic rings. The maximum absolute atomic E-state index is 13.7. The molecule has 0 aliphatic carbocycles. The number of nitrogens with one attached hydrogen (secondary N) is 2. The molecular formula is C31H29N5O4. The highest BCUT2D eigenvalue weighted by atomic mass is 16.5. The van der Waals surface area contributed by atoms with Crippen LogP contribution in [0.2, 0.25) is 0 Å². The number of para-hydroxylation sites is 1. The summed E-state index contributed by atoms with van der Waals surface area (Å²) in [6.45, 7) is -0.00873. The maximum atomic E-state index is 13.7. The fourth-order valence-corrected chi connectivity index (χ4v) is 5.65. The number of rotatable bonds is 6. The Labute approximate surface area is 231 Å². The van der Waals surface area contributed by atoms with Crippen molar-refractivity contribution in [1.29, 1.82) is 0 Å². The van der Waals surface area contributed by atoms with E-state index in [1.54, 1.807) is 23.2 Å². The second-order valence-corrected chi connectivity index (χ2v) is 10.0. The molecule has 2 aliphatic rings. The summed E-state index contributed by atoms with van der Waals surface area (Å²) in [5.74, 6) is 0.435. The van der Waals surface area contributed by atoms with Gasteiger partial charge in [-0.25, -0.2) is 9.78 Å². The molecule has 9 heteroatoms. The van der Waals surface area contributed by atoms with Gasteiger partial charge in [-0.05, 0) is 40.7 Å². The number of aryl methyl sites for hydroxylation is 1. The molecule has 4 N–H and O–H groups in total. The van der Waals surface area contributed by atoms with Crippen molar-refractivity contribution >= 4 is 23.5 Å². The van der Waals surface area contributed by atoms with Gasteiger partial charge in [0.25, 0.3) is 0 Å². The molecule has 9 nitrogen and oxygen atoms in total. The minimum absolute atomic E-state index is 0.00873. The van der Waals surface area contributed by atoms with Crippen LogP contribution >= 0.6 is 0 Å². The third-order valence-corrected chi connectivity index (χ3v) is 7.72. The predicted octanol–water partition coefficient (Wildman–Crippen LogP) is 4.19. The number of anilines is 1. The van der Waals surface area contributed by atoms with Crippen molar-refractivity contribution in [3.05, 3.63) is 95.4 Å². The van der Waals surface area contributed by atoms with Crippen molar-refractivity contribution in [3.8, 4) is 22.4 Å². The van der Waals surface area contributed by atoms with Gasteiger partial charge in [0, 0.05) is 12.0 Å². The lowest BCUT2D eigenvalue weighted by atomic mass is 10.0. The van der Waals surface area contributed by atoms with Crippen LogP contribution in [0, 0.1) is 0 Å². The van der Waals surface area contributed by atoms with E-state index < -0.39 is 12.1 Å². The van der Waals surface area contributed by atoms with Crippen LogP contribution in [0.1, 0.15) is 39.8 Å². The first-order valence-corrected chi connectivity index (χ1v) is 13.2. The Morgan fingerprint density at radius 3 is 2.40 bits per heavy atom. The van der Waals surface area contributed by atoms with E-state index in [1.807, 2.05) is 54.6 Å². The van der Waals surface area contributed by atoms with Crippen LogP contribution in [0.3, 0.4) is 0 Å². The second kappa shape index (κ2) is 10.4. The molecule has 0 spiro atoms. The standard InChI is InChI=1S/C31H29N5O4/c1-40-31(39)35-24-14-13-22-3-2-4-23-15-26(36(28(22)23)30(24)38)29-33-17-25(34-29)20-9-5-18(6-10-20)19-7-11-21(12-8-19)27(37)16-32/h2-12,17,24,26H,13-16,32H2,1H3,(H,33,34)(H,35,39)/t24-,26-/m0/s1. The minimum atomic E-state index is -0.683. The fourth-order valence-electron chi connectivity index (χ4n) is 5.65. The van der Waals surface area contributed by atoms with E-state index in [1.165, 1.54) is 7.11 Å². The Balaban J connectivity index is 1.26. The van der Waals surface area contributed by atoms with Gasteiger partial charge >= 0.3 is 6.09 Å². The summed E-state index contributed by atoms with van der Waals surface area (Å²) in [6.07, 6.45) is 2.97. The van der Waals surface area contributed by atoms with Crippen LogP contribution in [0.15, 0.2) is 72.9 Å². The molecule has 0 saturated heterocycles. The number of alkyl carbamates (subject to hydrolysis) is 1. The Hall–Kier alpha value is -4.76. The van der Waals surface area contributed by atoms with E-state index in [-0.39, 0.29) is 24.3 Å². The SMILES string of the molecule is COC(=O)N[C@H]1CCc2cccc3c2N(C1=O)[C@H](c1ncc(-c2ccc(-c4ccc(C(=O)CN)cc4)cc2)[nH]1)C3. The van der Waals surface area contributed by atoms with Crippen molar-refractivity contribution in [3.63, 3.8) is 0 Å². The molecule has 202 valence electrons. The quantitative estimate of drug-likeness (QED) is 0.318. The minimum Gasteiger partial charge on any atom is -0.453 e. The molecule has 0 bridgehead atoms. The molecular weight excluding hydrogens is 506 g/mol. The predicted molar refractivity (Wildman–Crippen MR) is 151 cm³/mol. The number of ether oxygens (including phenoxy) is 1. The zero-order chi connectivity index (χ0) is 27.8. The zero-order valence-corrected chi connectivity index (χ0v) is 22.0. The van der Waals surface area contributed by atoms with Crippen LogP contribution in [0.5, 0.6) is 0 Å². The third-order valence-electron chi connectivity index (χ3n) is 7.72. The number of aromatic nitrogens is 2. The lowest BCUT2D eigenvalue weighted by Gasteiger charge is -2.27. The van der Waals surface area contributed by atoms with Gasteiger partial charge in [0.15, 0.2) is 5.78 Å². The molecule has 2 aliphatic heterocycles. The topological polar surface area (TPSA) is 130 Å². The largest absolute Gasteiger partial charge is 0.453 e. The molecule has 0 fully saturated rings. The lowest BCUT2D eigenvalue weighted by Crippen LogP contribution is -2.48. The summed E-state index contributed by atoms with van der Waals surface area (Å²) < 4.78 is 4.76. The van der Waals surface area contributed by atoms with Crippen LogP contribution in [-0.2, 0) is 22.4 Å². The van der Waals surface area contributed by atoms with Gasteiger partial charge < -0.3 is 20.8 Å². The van der Waals surface area contributed by atoms with E-state index in [9.17, 15) is 14.4 Å². The van der Waals surface area contributed by atoms with Crippen LogP contribution < -0.4 is 16.0 Å². The molecule has 2 amide bonds. The Kier molecular flexibility index (Phi) is 6.65. The molecule has 6 rings (SSSR count). The number of benzene rings is 3. The number of nitrogens with zero attached hydrogens (tertiary/aromatic N) is 2. The van der Waals surface area contributed by atoms with E-state index >= 15 is 0 Å². The van der Waals surface area contributed by atoms with Gasteiger partial charge in [-0.2, -0.15) is 0 Å². The lowest BCUT2D eigenvalue weighted by molar-refractivity contribution is -0.121. The number of hydrogen-bond donors (Lipinski definition) is 3. The van der Waals surface area contributed by atoms with Crippen molar-refractivity contribution in [1.82, 2.24) is 15.3 Å². The van der Waals surface area contributed by atoms with Crippen LogP contribution in [-0.4, -0.2) is 47.4 Å². The van der Waals surface area contributed by atoms with Gasteiger partial charge in [0.2, 0.25) is 5.91 Å². The van der Waals surface area contributed by atoms with E-state index in [0.717, 1.165) is 39.2 Å². The van der Waals surface area contributed by atoms with Gasteiger partial charge in [0.05, 0.1) is 37.3 Å². The summed E-state index contributed by atoms with van der Waals surface area (Å²) in [5, 5.41) is 2.71. The van der Waals surface area contributed by atoms with Crippen molar-refractivity contribution in [2.45, 2.75) is 31.3 Å². The Morgan fingerprint density at radius 1 is 1.02 bits per heavy atom. The smallest absolute Gasteiger partial charge is 0.407 e. The molecule has 3 heterocycles. The van der Waals surface area contributed by atoms with Gasteiger partial charge in [-0.3, -0.25) is 14.5 Å². The van der Waals surface area contributed by atoms with Crippen molar-refractivity contribution < 1.29 is 19.1 Å². The monoisotopic (exact) mass is 535 g/mol. The first-order chi connectivity index (χ1) is 19.5. The fraction of sp³-hybridized carbons (Fsp3) is 0.226. The van der Waals surface area contributed by atoms with Crippen molar-refractivity contribution in [2.75, 3.05) is 18.6 Å². The third kappa shape index (κ3) is 4.54. The molecule has 2 atom stereocenters. The first kappa shape index (κ1) is 25.5. The highest BCUT2D eigenvalue weighted by molar-refractivity contribution is 6.02. The Morgan fingerprint density at radius 2 is 1.70 bits per heavy atom. The Bertz CT molecular complexity index is 1590. The summed E-state index contributed by atoms with van der Waals surface area (Å²) in [7, 11) is 1.29. The zero-order valence-electron chi connectivity index (χ0n) is 22.0. The summed E-state index contributed by atoms with van der Waals surface area (Å²) in [6, 6.07) is 20.6. The molecule has 1 aromatic heterocycles. The summed E-state index contributed by atoms with van der Waals surface area (Å²) in [4.78, 5) is 47.4. The van der Waals surface area contributed by atoms with Gasteiger partial charge in [-0.1, -0.05) is 66.7 Å². The molecule has 0 unspecified atom stereocenters. The number of carbonyl (C=O) groups is 3. The number of hydrogen-bond acceptors (Lipinski definition) is 6. The maximum Gasteiger partial charge on any atom is 0.407 e. The molecule has 0 radical (unpaired) electrons. The number of Topliss-reactive ketones (excluding diaryl/α,β-unsaturated/α-hetero) is 1. The molecule has 0 saturated carbocycles. The summed E-state index contributed by atoms with van der Waals surface area (Å²) >= 11 is 0. The normalized spacial score (nSPS) is 17.8. The number of nitrogens with two attached hydrogens (primary N) is 1. The van der Waals surface area contributed by atoms with Crippen LogP contribution in [0.25, 0.3) is 22.4 Å². The second-order valence-electron chi connectivity index (χ2n) is 10.0. The molecule has 3 aromatic carbocycles.